The molecule has 1 aromatic heterocycles. The second-order valence-electron chi connectivity index (χ2n) is 8.27. The molecular formula is C27H27ClFN5OS. The molecule has 1 unspecified atom stereocenters. The topological polar surface area (TPSA) is 71.8 Å². The van der Waals surface area contributed by atoms with Crippen molar-refractivity contribution in [3.8, 4) is 5.69 Å². The van der Waals surface area contributed by atoms with E-state index in [1.807, 2.05) is 66.9 Å². The van der Waals surface area contributed by atoms with Crippen LogP contribution in [0.25, 0.3) is 5.69 Å². The van der Waals surface area contributed by atoms with Crippen molar-refractivity contribution in [2.75, 3.05) is 6.54 Å². The molecule has 36 heavy (non-hydrogen) atoms. The monoisotopic (exact) mass is 523 g/mol. The van der Waals surface area contributed by atoms with Crippen LogP contribution >= 0.6 is 23.4 Å². The molecule has 2 amide bonds. The predicted octanol–water partition coefficient (Wildman–Crippen LogP) is 6.26. The summed E-state index contributed by atoms with van der Waals surface area (Å²) in [5.41, 5.74) is 3.83. The van der Waals surface area contributed by atoms with Crippen LogP contribution in [0.5, 0.6) is 0 Å². The molecule has 1 heterocycles. The third-order valence-electron chi connectivity index (χ3n) is 5.59. The molecule has 0 aliphatic carbocycles. The number of halogens is 2. The number of amides is 2. The van der Waals surface area contributed by atoms with Crippen molar-refractivity contribution in [3.63, 3.8) is 0 Å². The number of carbonyl (C=O) groups excluding carboxylic acids is 1. The highest BCUT2D eigenvalue weighted by Gasteiger charge is 2.25. The van der Waals surface area contributed by atoms with Gasteiger partial charge in [-0.1, -0.05) is 71.9 Å². The van der Waals surface area contributed by atoms with Gasteiger partial charge < -0.3 is 10.6 Å². The van der Waals surface area contributed by atoms with E-state index in [2.05, 4.69) is 20.8 Å². The lowest BCUT2D eigenvalue weighted by molar-refractivity contribution is 0.237. The van der Waals surface area contributed by atoms with Gasteiger partial charge in [-0.2, -0.15) is 0 Å². The fourth-order valence-corrected chi connectivity index (χ4v) is 4.88. The first-order chi connectivity index (χ1) is 17.4. The minimum Gasteiger partial charge on any atom is -0.338 e. The van der Waals surface area contributed by atoms with Crippen LogP contribution in [0.4, 0.5) is 9.18 Å². The van der Waals surface area contributed by atoms with E-state index in [0.29, 0.717) is 34.7 Å². The van der Waals surface area contributed by atoms with Crippen LogP contribution < -0.4 is 10.6 Å². The zero-order valence-electron chi connectivity index (χ0n) is 20.0. The molecule has 186 valence electrons. The molecular weight excluding hydrogens is 497 g/mol. The average molecular weight is 524 g/mol. The second-order valence-corrected chi connectivity index (χ2v) is 9.65. The number of carbonyl (C=O) groups is 1. The number of benzene rings is 3. The molecule has 0 radical (unpaired) electrons. The van der Waals surface area contributed by atoms with E-state index in [4.69, 9.17) is 11.6 Å². The molecule has 0 aliphatic rings. The first-order valence-corrected chi connectivity index (χ1v) is 13.0. The average Bonchev–Trinajstić information content (AvgIpc) is 3.29. The van der Waals surface area contributed by atoms with Crippen LogP contribution in [0.1, 0.15) is 35.5 Å². The number of rotatable bonds is 9. The third kappa shape index (κ3) is 6.44. The highest BCUT2D eigenvalue weighted by molar-refractivity contribution is 7.98. The Kier molecular flexibility index (Phi) is 8.61. The Morgan fingerprint density at radius 3 is 2.53 bits per heavy atom. The molecule has 1 atom stereocenters. The standard InChI is InChI=1S/C27H27ClFN5OS/c1-3-30-26(35)31-23(15-19-7-5-4-6-8-19)25-32-33-27(36-17-20-10-13-22(29)14-11-20)34(25)24-16-21(28)12-9-18(24)2/h4-14,16,23H,3,15,17H2,1-2H3,(H2,30,31,35). The Hall–Kier alpha value is -3.36. The molecule has 4 rings (SSSR count). The normalized spacial score (nSPS) is 11.8. The zero-order valence-corrected chi connectivity index (χ0v) is 21.6. The molecule has 0 fully saturated rings. The maximum absolute atomic E-state index is 13.4. The van der Waals surface area contributed by atoms with Crippen molar-refractivity contribution in [3.05, 3.63) is 106 Å². The van der Waals surface area contributed by atoms with E-state index in [1.165, 1.54) is 23.9 Å². The SMILES string of the molecule is CCNC(=O)NC(Cc1ccccc1)c1nnc(SCc2ccc(F)cc2)n1-c1cc(Cl)ccc1C. The van der Waals surface area contributed by atoms with Crippen LogP contribution in [0, 0.1) is 12.7 Å². The summed E-state index contributed by atoms with van der Waals surface area (Å²) < 4.78 is 15.3. The molecule has 0 saturated carbocycles. The van der Waals surface area contributed by atoms with Gasteiger partial charge in [0, 0.05) is 23.7 Å². The van der Waals surface area contributed by atoms with E-state index in [0.717, 1.165) is 22.4 Å². The first-order valence-electron chi connectivity index (χ1n) is 11.6. The van der Waals surface area contributed by atoms with Crippen LogP contribution in [-0.2, 0) is 12.2 Å². The Balaban J connectivity index is 1.76. The van der Waals surface area contributed by atoms with Gasteiger partial charge in [0.15, 0.2) is 11.0 Å². The largest absolute Gasteiger partial charge is 0.338 e. The number of hydrogen-bond acceptors (Lipinski definition) is 4. The highest BCUT2D eigenvalue weighted by atomic mass is 35.5. The molecule has 4 aromatic rings. The van der Waals surface area contributed by atoms with E-state index < -0.39 is 6.04 Å². The minimum atomic E-state index is -0.454. The molecule has 0 spiro atoms. The number of thioether (sulfide) groups is 1. The summed E-state index contributed by atoms with van der Waals surface area (Å²) in [6.07, 6.45) is 0.526. The van der Waals surface area contributed by atoms with Gasteiger partial charge in [0.05, 0.1) is 11.7 Å². The Morgan fingerprint density at radius 2 is 1.81 bits per heavy atom. The number of aryl methyl sites for hydroxylation is 1. The van der Waals surface area contributed by atoms with Gasteiger partial charge in [-0.25, -0.2) is 9.18 Å². The van der Waals surface area contributed by atoms with Crippen molar-refractivity contribution in [2.24, 2.45) is 0 Å². The molecule has 0 bridgehead atoms. The summed E-state index contributed by atoms with van der Waals surface area (Å²) in [5.74, 6) is 0.895. The molecule has 3 aromatic carbocycles. The predicted molar refractivity (Wildman–Crippen MR) is 142 cm³/mol. The summed E-state index contributed by atoms with van der Waals surface area (Å²) >= 11 is 7.87. The number of urea groups is 1. The number of nitrogens with one attached hydrogen (secondary N) is 2. The molecule has 0 saturated heterocycles. The Bertz CT molecular complexity index is 1310. The molecule has 9 heteroatoms. The van der Waals surface area contributed by atoms with Crippen molar-refractivity contribution in [2.45, 2.75) is 37.2 Å². The fraction of sp³-hybridized carbons (Fsp3) is 0.222. The van der Waals surface area contributed by atoms with Crippen LogP contribution in [0.15, 0.2) is 78.0 Å². The quantitative estimate of drug-likeness (QED) is 0.254. The molecule has 0 aliphatic heterocycles. The van der Waals surface area contributed by atoms with E-state index in [-0.39, 0.29) is 11.8 Å². The maximum Gasteiger partial charge on any atom is 0.315 e. The lowest BCUT2D eigenvalue weighted by Gasteiger charge is -2.21. The van der Waals surface area contributed by atoms with Gasteiger partial charge in [0.25, 0.3) is 0 Å². The summed E-state index contributed by atoms with van der Waals surface area (Å²) in [6.45, 7) is 4.36. The maximum atomic E-state index is 13.4. The van der Waals surface area contributed by atoms with Crippen LogP contribution in [0.3, 0.4) is 0 Å². The van der Waals surface area contributed by atoms with Gasteiger partial charge in [-0.15, -0.1) is 10.2 Å². The van der Waals surface area contributed by atoms with Crippen molar-refractivity contribution >= 4 is 29.4 Å². The van der Waals surface area contributed by atoms with Gasteiger partial charge >= 0.3 is 6.03 Å². The number of nitrogens with zero attached hydrogens (tertiary/aromatic N) is 3. The number of aromatic nitrogens is 3. The summed E-state index contributed by atoms with van der Waals surface area (Å²) in [7, 11) is 0. The minimum absolute atomic E-state index is 0.274. The van der Waals surface area contributed by atoms with Crippen molar-refractivity contribution in [1.82, 2.24) is 25.4 Å². The van der Waals surface area contributed by atoms with Gasteiger partial charge in [-0.3, -0.25) is 4.57 Å². The summed E-state index contributed by atoms with van der Waals surface area (Å²) in [4.78, 5) is 12.6. The third-order valence-corrected chi connectivity index (χ3v) is 6.82. The van der Waals surface area contributed by atoms with Gasteiger partial charge in [0.2, 0.25) is 0 Å². The lowest BCUT2D eigenvalue weighted by atomic mass is 10.0. The van der Waals surface area contributed by atoms with Crippen molar-refractivity contribution < 1.29 is 9.18 Å². The van der Waals surface area contributed by atoms with Gasteiger partial charge in [-0.05, 0) is 54.8 Å². The smallest absolute Gasteiger partial charge is 0.315 e. The Morgan fingerprint density at radius 1 is 1.06 bits per heavy atom. The first kappa shape index (κ1) is 25.7. The molecule has 2 N–H and O–H groups in total. The fourth-order valence-electron chi connectivity index (χ4n) is 3.81. The van der Waals surface area contributed by atoms with Gasteiger partial charge in [0.1, 0.15) is 5.82 Å². The zero-order chi connectivity index (χ0) is 25.5. The number of hydrogen-bond donors (Lipinski definition) is 2. The van der Waals surface area contributed by atoms with E-state index in [1.54, 1.807) is 12.1 Å². The summed E-state index contributed by atoms with van der Waals surface area (Å²) in [6, 6.07) is 21.2. The van der Waals surface area contributed by atoms with E-state index >= 15 is 0 Å². The second kappa shape index (κ2) is 12.1. The lowest BCUT2D eigenvalue weighted by Crippen LogP contribution is -2.39. The van der Waals surface area contributed by atoms with E-state index in [9.17, 15) is 9.18 Å². The van der Waals surface area contributed by atoms with Crippen LogP contribution in [-0.4, -0.2) is 27.3 Å². The highest BCUT2D eigenvalue weighted by Crippen LogP contribution is 2.31. The molecule has 6 nitrogen and oxygen atoms in total. The van der Waals surface area contributed by atoms with Crippen LogP contribution in [0.2, 0.25) is 5.02 Å². The Labute approximate surface area is 219 Å². The van der Waals surface area contributed by atoms with Crippen molar-refractivity contribution in [1.29, 1.82) is 0 Å². The summed E-state index contributed by atoms with van der Waals surface area (Å²) in [5, 5.41) is 16.1.